The highest BCUT2D eigenvalue weighted by Gasteiger charge is 2.31. The van der Waals surface area contributed by atoms with Gasteiger partial charge in [-0.25, -0.2) is 0 Å². The van der Waals surface area contributed by atoms with Crippen molar-refractivity contribution < 1.29 is 38.7 Å². The molecule has 0 aliphatic rings. The van der Waals surface area contributed by atoms with Crippen LogP contribution in [0.25, 0.3) is 0 Å². The first-order valence-corrected chi connectivity index (χ1v) is 8.83. The van der Waals surface area contributed by atoms with Gasteiger partial charge in [0.2, 0.25) is 23.6 Å². The van der Waals surface area contributed by atoms with Crippen molar-refractivity contribution in [2.75, 3.05) is 0 Å². The van der Waals surface area contributed by atoms with Crippen LogP contribution in [-0.2, 0) is 33.6 Å². The summed E-state index contributed by atoms with van der Waals surface area (Å²) in [5.41, 5.74) is 5.03. The lowest BCUT2D eigenvalue weighted by atomic mass is 10.0. The van der Waals surface area contributed by atoms with E-state index in [9.17, 15) is 33.6 Å². The number of alkyl halides is 1. The lowest BCUT2D eigenvalue weighted by Gasteiger charge is -2.23. The maximum Gasteiger partial charge on any atom is 0.303 e. The van der Waals surface area contributed by atoms with E-state index in [1.807, 2.05) is 0 Å². The van der Waals surface area contributed by atoms with Crippen LogP contribution < -0.4 is 21.7 Å². The van der Waals surface area contributed by atoms with Crippen molar-refractivity contribution in [1.29, 1.82) is 0 Å². The van der Waals surface area contributed by atoms with Crippen LogP contribution in [0.4, 0.5) is 0 Å². The first kappa shape index (κ1) is 26.0. The minimum Gasteiger partial charge on any atom is -0.481 e. The lowest BCUT2D eigenvalue weighted by Crippen LogP contribution is -2.56. The third-order valence-electron chi connectivity index (χ3n) is 3.55. The summed E-state index contributed by atoms with van der Waals surface area (Å²) in [6.07, 6.45) is -1.42. The van der Waals surface area contributed by atoms with E-state index < -0.39 is 71.7 Å². The number of amides is 4. The van der Waals surface area contributed by atoms with Gasteiger partial charge in [-0.1, -0.05) is 0 Å². The van der Waals surface area contributed by atoms with Crippen LogP contribution in [0.3, 0.4) is 0 Å². The number of aliphatic carboxylic acids is 1. The molecule has 4 amide bonds. The van der Waals surface area contributed by atoms with Gasteiger partial charge in [-0.15, -0.1) is 11.6 Å². The maximum absolute atomic E-state index is 12.5. The Morgan fingerprint density at radius 3 is 2.03 bits per heavy atom. The second-order valence-electron chi connectivity index (χ2n) is 6.09. The first-order valence-electron chi connectivity index (χ1n) is 8.40. The molecule has 12 nitrogen and oxygen atoms in total. The number of hydrogen-bond donors (Lipinski definition) is 5. The average molecular weight is 435 g/mol. The van der Waals surface area contributed by atoms with Crippen LogP contribution in [0.5, 0.6) is 0 Å². The van der Waals surface area contributed by atoms with Gasteiger partial charge in [0, 0.05) is 13.3 Å². The van der Waals surface area contributed by atoms with E-state index in [1.54, 1.807) is 0 Å². The van der Waals surface area contributed by atoms with Gasteiger partial charge in [0.25, 0.3) is 0 Å². The Morgan fingerprint density at radius 2 is 1.59 bits per heavy atom. The number of nitrogens with one attached hydrogen (secondary N) is 3. The molecular formula is C16H23ClN4O8. The van der Waals surface area contributed by atoms with E-state index in [0.29, 0.717) is 0 Å². The number of rotatable bonds is 13. The Kier molecular flexibility index (Phi) is 11.1. The van der Waals surface area contributed by atoms with Crippen LogP contribution in [0.15, 0.2) is 0 Å². The number of carbonyl (C=O) groups is 7. The number of carbonyl (C=O) groups excluding carboxylic acids is 6. The molecule has 1 unspecified atom stereocenters. The van der Waals surface area contributed by atoms with Crippen molar-refractivity contribution in [3.63, 3.8) is 0 Å². The molecule has 162 valence electrons. The highest BCUT2D eigenvalue weighted by Crippen LogP contribution is 2.06. The van der Waals surface area contributed by atoms with Crippen molar-refractivity contribution in [3.8, 4) is 0 Å². The molecule has 0 rings (SSSR count). The van der Waals surface area contributed by atoms with Gasteiger partial charge in [-0.2, -0.15) is 0 Å². The van der Waals surface area contributed by atoms with Crippen LogP contribution in [0.1, 0.15) is 33.1 Å². The number of hydrogen-bond acceptors (Lipinski definition) is 7. The molecular weight excluding hydrogens is 412 g/mol. The van der Waals surface area contributed by atoms with E-state index in [2.05, 4.69) is 16.0 Å². The topological polar surface area (TPSA) is 202 Å². The molecule has 0 bridgehead atoms. The molecule has 0 heterocycles. The van der Waals surface area contributed by atoms with Crippen LogP contribution >= 0.6 is 11.6 Å². The number of ketones is 1. The third-order valence-corrected chi connectivity index (χ3v) is 3.87. The Bertz CT molecular complexity index is 684. The monoisotopic (exact) mass is 434 g/mol. The van der Waals surface area contributed by atoms with Crippen LogP contribution in [0, 0.1) is 0 Å². The molecule has 29 heavy (non-hydrogen) atoms. The molecule has 4 atom stereocenters. The van der Waals surface area contributed by atoms with E-state index in [4.69, 9.17) is 22.4 Å². The van der Waals surface area contributed by atoms with Crippen molar-refractivity contribution in [2.45, 2.75) is 56.6 Å². The largest absolute Gasteiger partial charge is 0.481 e. The normalized spacial score (nSPS) is 14.4. The number of carboxylic acid groups (broad SMARTS) is 1. The molecule has 0 aromatic carbocycles. The Balaban J connectivity index is 5.42. The average Bonchev–Trinajstić information content (AvgIpc) is 2.61. The number of carboxylic acids is 1. The number of nitrogens with two attached hydrogens (primary N) is 1. The van der Waals surface area contributed by atoms with E-state index in [-0.39, 0.29) is 12.7 Å². The fraction of sp³-hybridized carbons (Fsp3) is 0.562. The number of Topliss-reactive ketones (excluding diaryl/α,β-unsaturated/α-hetero) is 1. The zero-order valence-corrected chi connectivity index (χ0v) is 16.5. The van der Waals surface area contributed by atoms with Gasteiger partial charge in [0.1, 0.15) is 23.7 Å². The smallest absolute Gasteiger partial charge is 0.303 e. The molecule has 0 fully saturated rings. The molecule has 13 heteroatoms. The molecule has 0 saturated heterocycles. The summed E-state index contributed by atoms with van der Waals surface area (Å²) < 4.78 is 0. The molecule has 0 saturated carbocycles. The second-order valence-corrected chi connectivity index (χ2v) is 6.56. The lowest BCUT2D eigenvalue weighted by molar-refractivity contribution is -0.138. The fourth-order valence-electron chi connectivity index (χ4n) is 2.16. The summed E-state index contributed by atoms with van der Waals surface area (Å²) in [6, 6.07) is -3.99. The summed E-state index contributed by atoms with van der Waals surface area (Å²) in [4.78, 5) is 80.4. The summed E-state index contributed by atoms with van der Waals surface area (Å²) in [6.45, 7) is 2.51. The molecule has 0 spiro atoms. The minimum absolute atomic E-state index is 0.100. The van der Waals surface area contributed by atoms with Crippen LogP contribution in [-0.4, -0.2) is 70.3 Å². The zero-order chi connectivity index (χ0) is 22.7. The molecule has 0 aromatic heterocycles. The molecule has 6 N–H and O–H groups in total. The summed E-state index contributed by atoms with van der Waals surface area (Å²) in [5, 5.41) is 13.9. The van der Waals surface area contributed by atoms with E-state index in [1.165, 1.54) is 13.8 Å². The highest BCUT2D eigenvalue weighted by molar-refractivity contribution is 6.39. The molecule has 0 aromatic rings. The van der Waals surface area contributed by atoms with Crippen molar-refractivity contribution in [3.05, 3.63) is 0 Å². The molecule has 0 aliphatic heterocycles. The SMILES string of the molecule is CC(=O)N[C@@H](C)C(=O)N[C@@H](CCC(=O)O)C(=O)N[C@@H](CC(N)=O)C(=O)C(Cl)C=O. The Morgan fingerprint density at radius 1 is 1.03 bits per heavy atom. The van der Waals surface area contributed by atoms with Crippen molar-refractivity contribution in [2.24, 2.45) is 5.73 Å². The van der Waals surface area contributed by atoms with E-state index in [0.717, 1.165) is 0 Å². The number of aldehydes is 1. The van der Waals surface area contributed by atoms with Gasteiger partial charge in [0.05, 0.1) is 12.5 Å². The predicted octanol–water partition coefficient (Wildman–Crippen LogP) is -2.40. The first-order chi connectivity index (χ1) is 13.4. The number of primary amides is 1. The van der Waals surface area contributed by atoms with Crippen molar-refractivity contribution in [1.82, 2.24) is 16.0 Å². The quantitative estimate of drug-likeness (QED) is 0.120. The van der Waals surface area contributed by atoms with Crippen LogP contribution in [0.2, 0.25) is 0 Å². The van der Waals surface area contributed by atoms with Gasteiger partial charge < -0.3 is 31.6 Å². The van der Waals surface area contributed by atoms with Gasteiger partial charge in [-0.3, -0.25) is 28.8 Å². The molecule has 0 aliphatic carbocycles. The third kappa shape index (κ3) is 10.2. The zero-order valence-electron chi connectivity index (χ0n) is 15.8. The molecule has 0 radical (unpaired) electrons. The fourth-order valence-corrected chi connectivity index (χ4v) is 2.31. The predicted molar refractivity (Wildman–Crippen MR) is 98.5 cm³/mol. The van der Waals surface area contributed by atoms with Gasteiger partial charge in [-0.05, 0) is 13.3 Å². The summed E-state index contributed by atoms with van der Waals surface area (Å²) in [7, 11) is 0. The standard InChI is InChI=1S/C16H23ClN4O8/c1-7(19-8(2)23)15(28)20-10(3-4-13(25)26)16(29)21-11(5-12(18)24)14(27)9(17)6-22/h6-7,9-11H,3-5H2,1-2H3,(H2,18,24)(H,19,23)(H,20,28)(H,21,29)(H,25,26)/t7-,9?,10-,11-/m0/s1. The number of halogens is 1. The second kappa shape index (κ2) is 12.4. The summed E-state index contributed by atoms with van der Waals surface area (Å²) in [5.74, 6) is -5.50. The Labute approximate surface area is 170 Å². The van der Waals surface area contributed by atoms with Gasteiger partial charge in [0.15, 0.2) is 5.78 Å². The summed E-state index contributed by atoms with van der Waals surface area (Å²) >= 11 is 5.53. The highest BCUT2D eigenvalue weighted by atomic mass is 35.5. The maximum atomic E-state index is 12.5. The van der Waals surface area contributed by atoms with E-state index >= 15 is 0 Å². The van der Waals surface area contributed by atoms with Crippen molar-refractivity contribution >= 4 is 53.3 Å². The van der Waals surface area contributed by atoms with Gasteiger partial charge >= 0.3 is 5.97 Å². The Hall–Kier alpha value is -3.02. The minimum atomic E-state index is -1.65.